The van der Waals surface area contributed by atoms with E-state index in [4.69, 9.17) is 18.9 Å². The van der Waals surface area contributed by atoms with Crippen molar-refractivity contribution >= 4 is 17.0 Å². The normalized spacial score (nSPS) is 16.1. The molecule has 2 aliphatic rings. The molecule has 9 nitrogen and oxygen atoms in total. The van der Waals surface area contributed by atoms with Crippen molar-refractivity contribution in [3.05, 3.63) is 64.4 Å². The molecule has 2 aliphatic heterocycles. The topological polar surface area (TPSA) is 82.5 Å². The van der Waals surface area contributed by atoms with Gasteiger partial charge in [-0.05, 0) is 74.9 Å². The fraction of sp³-hybridized carbons (Fsp3) is 0.484. The summed E-state index contributed by atoms with van der Waals surface area (Å²) in [4.78, 5) is 30.3. The van der Waals surface area contributed by atoms with Gasteiger partial charge in [-0.25, -0.2) is 4.79 Å². The van der Waals surface area contributed by atoms with Crippen LogP contribution in [0.1, 0.15) is 39.2 Å². The van der Waals surface area contributed by atoms with E-state index >= 15 is 0 Å². The van der Waals surface area contributed by atoms with E-state index < -0.39 is 5.60 Å². The number of carbonyl (C=O) groups is 1. The first-order chi connectivity index (χ1) is 19.2. The van der Waals surface area contributed by atoms with Gasteiger partial charge in [0.1, 0.15) is 24.6 Å². The molecule has 0 bridgehead atoms. The summed E-state index contributed by atoms with van der Waals surface area (Å²) in [5.41, 5.74) is 1.24. The molecule has 3 heterocycles. The number of hydrogen-bond donors (Lipinski definition) is 0. The highest BCUT2D eigenvalue weighted by atomic mass is 16.6. The Balaban J connectivity index is 1.26. The van der Waals surface area contributed by atoms with Crippen LogP contribution in [0.2, 0.25) is 0 Å². The minimum absolute atomic E-state index is 0.0221. The standard InChI is InChI=1S/C31H39N3O6/c1-31(2,3)40-30(36)34(21-22-5-9-27-28(19-22)39-18-17-38-27)24-11-13-32(14-12-24)15-16-33-26-20-25(37-4)8-6-23(26)7-10-29(33)35/h5-10,19-20,24H,11-18,21H2,1-4H3. The molecule has 0 spiro atoms. The van der Waals surface area contributed by atoms with Gasteiger partial charge >= 0.3 is 6.09 Å². The average Bonchev–Trinajstić information content (AvgIpc) is 2.94. The second kappa shape index (κ2) is 11.8. The number of rotatable bonds is 7. The molecule has 0 atom stereocenters. The Morgan fingerprint density at radius 2 is 1.70 bits per heavy atom. The summed E-state index contributed by atoms with van der Waals surface area (Å²) in [5, 5.41) is 1.01. The monoisotopic (exact) mass is 549 g/mol. The van der Waals surface area contributed by atoms with Crippen LogP contribution in [-0.4, -0.2) is 72.1 Å². The fourth-order valence-electron chi connectivity index (χ4n) is 5.37. The van der Waals surface area contributed by atoms with Crippen molar-refractivity contribution in [1.29, 1.82) is 0 Å². The predicted octanol–water partition coefficient (Wildman–Crippen LogP) is 4.68. The molecule has 1 fully saturated rings. The number of ether oxygens (including phenoxy) is 4. The smallest absolute Gasteiger partial charge is 0.410 e. The van der Waals surface area contributed by atoms with E-state index in [1.54, 1.807) is 13.2 Å². The summed E-state index contributed by atoms with van der Waals surface area (Å²) in [5.74, 6) is 2.17. The molecule has 1 aromatic heterocycles. The third kappa shape index (κ3) is 6.53. The van der Waals surface area contributed by atoms with Crippen molar-refractivity contribution in [2.75, 3.05) is 40.0 Å². The van der Waals surface area contributed by atoms with E-state index in [2.05, 4.69) is 4.90 Å². The molecule has 0 N–H and O–H groups in total. The van der Waals surface area contributed by atoms with Crippen molar-refractivity contribution in [2.24, 2.45) is 0 Å². The maximum atomic E-state index is 13.3. The summed E-state index contributed by atoms with van der Waals surface area (Å²) in [6.07, 6.45) is 1.33. The van der Waals surface area contributed by atoms with Gasteiger partial charge in [0.2, 0.25) is 0 Å². The summed E-state index contributed by atoms with van der Waals surface area (Å²) in [6.45, 7) is 10.1. The molecule has 1 amide bonds. The molecule has 9 heteroatoms. The Bertz CT molecular complexity index is 1400. The number of benzene rings is 2. The lowest BCUT2D eigenvalue weighted by Crippen LogP contribution is -2.49. The number of piperidine rings is 1. The zero-order chi connectivity index (χ0) is 28.3. The number of carbonyl (C=O) groups excluding carboxylic acids is 1. The van der Waals surface area contributed by atoms with Gasteiger partial charge < -0.3 is 33.3 Å². The minimum atomic E-state index is -0.586. The molecule has 0 radical (unpaired) electrons. The molecule has 214 valence electrons. The van der Waals surface area contributed by atoms with Gasteiger partial charge in [-0.2, -0.15) is 0 Å². The lowest BCUT2D eigenvalue weighted by Gasteiger charge is -2.39. The molecule has 3 aromatic rings. The second-order valence-electron chi connectivity index (χ2n) is 11.4. The Kier molecular flexibility index (Phi) is 8.21. The predicted molar refractivity (Wildman–Crippen MR) is 153 cm³/mol. The largest absolute Gasteiger partial charge is 0.497 e. The molecule has 1 saturated heterocycles. The lowest BCUT2D eigenvalue weighted by molar-refractivity contribution is 0.00562. The van der Waals surface area contributed by atoms with Crippen LogP contribution in [0.25, 0.3) is 10.9 Å². The van der Waals surface area contributed by atoms with E-state index in [0.29, 0.717) is 32.1 Å². The highest BCUT2D eigenvalue weighted by molar-refractivity contribution is 5.80. The Labute approximate surface area is 235 Å². The fourth-order valence-corrected chi connectivity index (χ4v) is 5.37. The van der Waals surface area contributed by atoms with Gasteiger partial charge in [-0.3, -0.25) is 4.79 Å². The van der Waals surface area contributed by atoms with Gasteiger partial charge in [-0.1, -0.05) is 6.07 Å². The van der Waals surface area contributed by atoms with Crippen LogP contribution in [0.5, 0.6) is 17.2 Å². The van der Waals surface area contributed by atoms with Crippen molar-refractivity contribution in [2.45, 2.75) is 58.3 Å². The molecule has 0 saturated carbocycles. The van der Waals surface area contributed by atoms with E-state index in [0.717, 1.165) is 60.4 Å². The molecule has 5 rings (SSSR count). The first kappa shape index (κ1) is 27.8. The third-order valence-electron chi connectivity index (χ3n) is 7.43. The van der Waals surface area contributed by atoms with Crippen molar-refractivity contribution < 1.29 is 23.7 Å². The molecular weight excluding hydrogens is 510 g/mol. The van der Waals surface area contributed by atoms with E-state index in [9.17, 15) is 9.59 Å². The van der Waals surface area contributed by atoms with E-state index in [1.807, 2.05) is 72.7 Å². The summed E-state index contributed by atoms with van der Waals surface area (Å²) < 4.78 is 24.4. The number of nitrogens with zero attached hydrogens (tertiary/aromatic N) is 3. The number of likely N-dealkylation sites (tertiary alicyclic amines) is 1. The number of hydrogen-bond acceptors (Lipinski definition) is 7. The molecule has 2 aromatic carbocycles. The highest BCUT2D eigenvalue weighted by Gasteiger charge is 2.31. The first-order valence-electron chi connectivity index (χ1n) is 14.0. The first-order valence-corrected chi connectivity index (χ1v) is 14.0. The lowest BCUT2D eigenvalue weighted by atomic mass is 10.0. The summed E-state index contributed by atoms with van der Waals surface area (Å²) in [6, 6.07) is 15.2. The van der Waals surface area contributed by atoms with Crippen LogP contribution in [0.15, 0.2) is 53.3 Å². The van der Waals surface area contributed by atoms with Crippen LogP contribution >= 0.6 is 0 Å². The van der Waals surface area contributed by atoms with Crippen LogP contribution in [-0.2, 0) is 17.8 Å². The second-order valence-corrected chi connectivity index (χ2v) is 11.4. The quantitative estimate of drug-likeness (QED) is 0.423. The third-order valence-corrected chi connectivity index (χ3v) is 7.43. The Morgan fingerprint density at radius 1 is 0.975 bits per heavy atom. The molecule has 0 aliphatic carbocycles. The van der Waals surface area contributed by atoms with Gasteiger partial charge in [0.25, 0.3) is 5.56 Å². The maximum absolute atomic E-state index is 13.3. The van der Waals surface area contributed by atoms with Crippen LogP contribution < -0.4 is 19.8 Å². The number of fused-ring (bicyclic) bond motifs is 2. The van der Waals surface area contributed by atoms with Crippen molar-refractivity contribution in [3.8, 4) is 17.2 Å². The van der Waals surface area contributed by atoms with Crippen LogP contribution in [0.4, 0.5) is 4.79 Å². The number of amides is 1. The number of methoxy groups -OCH3 is 1. The molecular formula is C31H39N3O6. The average molecular weight is 550 g/mol. The summed E-state index contributed by atoms with van der Waals surface area (Å²) >= 11 is 0. The molecule has 40 heavy (non-hydrogen) atoms. The minimum Gasteiger partial charge on any atom is -0.497 e. The Morgan fingerprint density at radius 3 is 2.42 bits per heavy atom. The van der Waals surface area contributed by atoms with E-state index in [-0.39, 0.29) is 17.7 Å². The number of pyridine rings is 1. The van der Waals surface area contributed by atoms with Crippen molar-refractivity contribution in [1.82, 2.24) is 14.4 Å². The Hall–Kier alpha value is -3.72. The molecule has 0 unspecified atom stereocenters. The van der Waals surface area contributed by atoms with Crippen LogP contribution in [0, 0.1) is 0 Å². The van der Waals surface area contributed by atoms with Gasteiger partial charge in [0.05, 0.1) is 12.6 Å². The van der Waals surface area contributed by atoms with Gasteiger partial charge in [-0.15, -0.1) is 0 Å². The number of aromatic nitrogens is 1. The van der Waals surface area contributed by atoms with Gasteiger partial charge in [0.15, 0.2) is 11.5 Å². The van der Waals surface area contributed by atoms with Gasteiger partial charge in [0, 0.05) is 50.9 Å². The van der Waals surface area contributed by atoms with E-state index in [1.165, 1.54) is 0 Å². The van der Waals surface area contributed by atoms with Crippen molar-refractivity contribution in [3.63, 3.8) is 0 Å². The highest BCUT2D eigenvalue weighted by Crippen LogP contribution is 2.32. The van der Waals surface area contributed by atoms with Crippen LogP contribution in [0.3, 0.4) is 0 Å². The zero-order valence-corrected chi connectivity index (χ0v) is 23.9. The maximum Gasteiger partial charge on any atom is 0.410 e. The zero-order valence-electron chi connectivity index (χ0n) is 23.9. The SMILES string of the molecule is COc1ccc2ccc(=O)n(CCN3CCC(N(Cc4ccc5c(c4)OCCO5)C(=O)OC(C)(C)C)CC3)c2c1. The summed E-state index contributed by atoms with van der Waals surface area (Å²) in [7, 11) is 1.63.